The molecule has 1 atom stereocenters. The Hall–Kier alpha value is -0.630. The Morgan fingerprint density at radius 2 is 2.39 bits per heavy atom. The van der Waals surface area contributed by atoms with Crippen LogP contribution in [0.4, 0.5) is 0 Å². The van der Waals surface area contributed by atoms with Crippen LogP contribution in [0.2, 0.25) is 0 Å². The number of rotatable bonds is 3. The molecule has 102 valence electrons. The van der Waals surface area contributed by atoms with Gasteiger partial charge in [0.1, 0.15) is 0 Å². The normalized spacial score (nSPS) is 25.2. The summed E-state index contributed by atoms with van der Waals surface area (Å²) in [6.45, 7) is 4.25. The fourth-order valence-corrected chi connectivity index (χ4v) is 3.71. The highest BCUT2D eigenvalue weighted by atomic mass is 35.5. The number of morpholine rings is 1. The molecule has 1 fully saturated rings. The molecular formula is C10H16ClN3O3S. The van der Waals surface area contributed by atoms with Crippen LogP contribution in [-0.2, 0) is 14.8 Å². The molecule has 0 amide bonds. The van der Waals surface area contributed by atoms with Crippen molar-refractivity contribution in [3.8, 4) is 0 Å². The SMILES string of the molecule is CC1(C)CN(S(=O)(=O)c2cnc[nH]2)CC(CCl)O1. The van der Waals surface area contributed by atoms with E-state index in [2.05, 4.69) is 9.97 Å². The lowest BCUT2D eigenvalue weighted by molar-refractivity contribution is -0.107. The van der Waals surface area contributed by atoms with E-state index >= 15 is 0 Å². The number of nitrogens with zero attached hydrogens (tertiary/aromatic N) is 2. The van der Waals surface area contributed by atoms with Gasteiger partial charge in [0.25, 0.3) is 10.0 Å². The molecule has 2 heterocycles. The standard InChI is InChI=1S/C10H16ClN3O3S/c1-10(2)6-14(5-8(3-11)17-10)18(15,16)9-4-12-7-13-9/h4,7-8H,3,5-6H2,1-2H3,(H,12,13). The second-order valence-electron chi connectivity index (χ2n) is 4.87. The maximum Gasteiger partial charge on any atom is 0.260 e. The summed E-state index contributed by atoms with van der Waals surface area (Å²) in [5.41, 5.74) is -0.551. The summed E-state index contributed by atoms with van der Waals surface area (Å²) in [6.07, 6.45) is 2.35. The lowest BCUT2D eigenvalue weighted by Crippen LogP contribution is -2.55. The molecule has 1 saturated heterocycles. The second kappa shape index (κ2) is 4.80. The lowest BCUT2D eigenvalue weighted by atomic mass is 10.1. The Labute approximate surface area is 111 Å². The van der Waals surface area contributed by atoms with Gasteiger partial charge in [0.2, 0.25) is 0 Å². The van der Waals surface area contributed by atoms with Gasteiger partial charge in [-0.1, -0.05) is 0 Å². The summed E-state index contributed by atoms with van der Waals surface area (Å²) < 4.78 is 31.8. The number of imidazole rings is 1. The minimum atomic E-state index is -3.56. The molecule has 6 nitrogen and oxygen atoms in total. The van der Waals surface area contributed by atoms with E-state index in [1.165, 1.54) is 16.8 Å². The molecule has 1 unspecified atom stereocenters. The number of alkyl halides is 1. The molecular weight excluding hydrogens is 278 g/mol. The zero-order valence-electron chi connectivity index (χ0n) is 10.3. The first-order valence-electron chi connectivity index (χ1n) is 5.57. The van der Waals surface area contributed by atoms with Crippen LogP contribution >= 0.6 is 11.6 Å². The Morgan fingerprint density at radius 3 is 2.94 bits per heavy atom. The molecule has 0 saturated carbocycles. The predicted molar refractivity (Wildman–Crippen MR) is 67.0 cm³/mol. The van der Waals surface area contributed by atoms with E-state index in [9.17, 15) is 8.42 Å². The van der Waals surface area contributed by atoms with Crippen molar-refractivity contribution >= 4 is 21.6 Å². The van der Waals surface area contributed by atoms with Crippen LogP contribution in [0, 0.1) is 0 Å². The first-order chi connectivity index (χ1) is 8.35. The molecule has 8 heteroatoms. The zero-order chi connectivity index (χ0) is 13.4. The quantitative estimate of drug-likeness (QED) is 0.837. The monoisotopic (exact) mass is 293 g/mol. The van der Waals surface area contributed by atoms with Crippen molar-refractivity contribution in [2.75, 3.05) is 19.0 Å². The predicted octanol–water partition coefficient (Wildman–Crippen LogP) is 0.817. The van der Waals surface area contributed by atoms with E-state index in [0.29, 0.717) is 6.54 Å². The van der Waals surface area contributed by atoms with E-state index < -0.39 is 15.6 Å². The van der Waals surface area contributed by atoms with Gasteiger partial charge in [0.15, 0.2) is 5.03 Å². The van der Waals surface area contributed by atoms with Crippen molar-refractivity contribution in [1.82, 2.24) is 14.3 Å². The van der Waals surface area contributed by atoms with Crippen molar-refractivity contribution in [3.63, 3.8) is 0 Å². The third-order valence-electron chi connectivity index (χ3n) is 2.71. The summed E-state index contributed by atoms with van der Waals surface area (Å²) in [7, 11) is -3.56. The number of H-pyrrole nitrogens is 1. The molecule has 18 heavy (non-hydrogen) atoms. The minimum absolute atomic E-state index is 0.0912. The number of aromatic amines is 1. The highest BCUT2D eigenvalue weighted by molar-refractivity contribution is 7.89. The fourth-order valence-electron chi connectivity index (χ4n) is 2.03. The minimum Gasteiger partial charge on any atom is -0.368 e. The van der Waals surface area contributed by atoms with Crippen molar-refractivity contribution < 1.29 is 13.2 Å². The molecule has 1 aliphatic heterocycles. The van der Waals surface area contributed by atoms with Gasteiger partial charge in [-0.25, -0.2) is 13.4 Å². The Bertz CT molecular complexity index is 500. The molecule has 0 radical (unpaired) electrons. The van der Waals surface area contributed by atoms with E-state index in [0.717, 1.165) is 0 Å². The largest absolute Gasteiger partial charge is 0.368 e. The summed E-state index contributed by atoms with van der Waals surface area (Å²) in [4.78, 5) is 6.36. The Kier molecular flexibility index (Phi) is 3.68. The fraction of sp³-hybridized carbons (Fsp3) is 0.700. The molecule has 0 aromatic carbocycles. The van der Waals surface area contributed by atoms with Crippen molar-refractivity contribution in [3.05, 3.63) is 12.5 Å². The molecule has 1 aromatic heterocycles. The molecule has 0 bridgehead atoms. The highest BCUT2D eigenvalue weighted by Crippen LogP contribution is 2.26. The van der Waals surface area contributed by atoms with E-state index in [-0.39, 0.29) is 23.6 Å². The van der Waals surface area contributed by atoms with Crippen LogP contribution < -0.4 is 0 Å². The van der Waals surface area contributed by atoms with Crippen LogP contribution in [0.15, 0.2) is 17.6 Å². The van der Waals surface area contributed by atoms with Crippen molar-refractivity contribution in [1.29, 1.82) is 0 Å². The number of sulfonamides is 1. The molecule has 1 N–H and O–H groups in total. The van der Waals surface area contributed by atoms with Gasteiger partial charge in [0, 0.05) is 19.0 Å². The molecule has 1 aliphatic rings. The number of nitrogens with one attached hydrogen (secondary N) is 1. The van der Waals surface area contributed by atoms with Crippen LogP contribution in [0.1, 0.15) is 13.8 Å². The smallest absolute Gasteiger partial charge is 0.260 e. The van der Waals surface area contributed by atoms with E-state index in [1.54, 1.807) is 0 Å². The number of ether oxygens (including phenoxy) is 1. The maximum atomic E-state index is 12.4. The number of halogens is 1. The first kappa shape index (κ1) is 13.8. The van der Waals surface area contributed by atoms with Gasteiger partial charge >= 0.3 is 0 Å². The Balaban J connectivity index is 2.28. The van der Waals surface area contributed by atoms with E-state index in [1.807, 2.05) is 13.8 Å². The lowest BCUT2D eigenvalue weighted by Gasteiger charge is -2.41. The molecule has 0 aliphatic carbocycles. The zero-order valence-corrected chi connectivity index (χ0v) is 11.8. The van der Waals surface area contributed by atoms with Crippen LogP contribution in [0.25, 0.3) is 0 Å². The third kappa shape index (κ3) is 2.69. The van der Waals surface area contributed by atoms with Crippen molar-refractivity contribution in [2.24, 2.45) is 0 Å². The summed E-state index contributed by atoms with van der Waals surface area (Å²) >= 11 is 5.78. The van der Waals surface area contributed by atoms with Gasteiger partial charge < -0.3 is 9.72 Å². The maximum absolute atomic E-state index is 12.4. The van der Waals surface area contributed by atoms with Gasteiger partial charge in [0.05, 0.1) is 24.2 Å². The number of aromatic nitrogens is 2. The summed E-state index contributed by atoms with van der Waals surface area (Å²) in [6, 6.07) is 0. The van der Waals surface area contributed by atoms with Crippen molar-refractivity contribution in [2.45, 2.75) is 30.6 Å². The number of hydrogen-bond donors (Lipinski definition) is 1. The first-order valence-corrected chi connectivity index (χ1v) is 7.55. The highest BCUT2D eigenvalue weighted by Gasteiger charge is 2.39. The molecule has 2 rings (SSSR count). The van der Waals surface area contributed by atoms with Gasteiger partial charge in [-0.15, -0.1) is 11.6 Å². The van der Waals surface area contributed by atoms with Crippen LogP contribution in [0.5, 0.6) is 0 Å². The Morgan fingerprint density at radius 1 is 1.67 bits per heavy atom. The summed E-state index contributed by atoms with van der Waals surface area (Å²) in [5.74, 6) is 0.262. The van der Waals surface area contributed by atoms with Crippen LogP contribution in [0.3, 0.4) is 0 Å². The average molecular weight is 294 g/mol. The topological polar surface area (TPSA) is 75.3 Å². The van der Waals surface area contributed by atoms with E-state index in [4.69, 9.17) is 16.3 Å². The second-order valence-corrected chi connectivity index (χ2v) is 7.08. The third-order valence-corrected chi connectivity index (χ3v) is 4.79. The van der Waals surface area contributed by atoms with Gasteiger partial charge in [-0.2, -0.15) is 4.31 Å². The van der Waals surface area contributed by atoms with Gasteiger partial charge in [-0.3, -0.25) is 0 Å². The number of hydrogen-bond acceptors (Lipinski definition) is 4. The van der Waals surface area contributed by atoms with Crippen LogP contribution in [-0.4, -0.2) is 53.4 Å². The van der Waals surface area contributed by atoms with Gasteiger partial charge in [-0.05, 0) is 13.8 Å². The molecule has 0 spiro atoms. The summed E-state index contributed by atoms with van der Waals surface area (Å²) in [5, 5.41) is 0.0912. The molecule has 1 aromatic rings. The average Bonchev–Trinajstić information content (AvgIpc) is 2.80.